The number of Topliss-reactive ketones (excluding diaryl/α,β-unsaturated/α-hetero) is 1. The Morgan fingerprint density at radius 1 is 0.902 bits per heavy atom. The lowest BCUT2D eigenvalue weighted by molar-refractivity contribution is -0.167. The van der Waals surface area contributed by atoms with E-state index >= 15 is 0 Å². The highest BCUT2D eigenvalue weighted by atomic mass is 32.2. The van der Waals surface area contributed by atoms with E-state index in [2.05, 4.69) is 67.1 Å². The van der Waals surface area contributed by atoms with Crippen LogP contribution in [-0.2, 0) is 19.1 Å². The van der Waals surface area contributed by atoms with Crippen molar-refractivity contribution in [2.45, 2.75) is 99.8 Å². The molecular formula is C35H52O4S2. The van der Waals surface area contributed by atoms with Gasteiger partial charge in [0.25, 0.3) is 0 Å². The van der Waals surface area contributed by atoms with Crippen LogP contribution in [0.1, 0.15) is 99.8 Å². The molecule has 41 heavy (non-hydrogen) atoms. The highest BCUT2D eigenvalue weighted by molar-refractivity contribution is 8.21. The molecule has 0 N–H and O–H groups in total. The number of esters is 1. The van der Waals surface area contributed by atoms with Gasteiger partial charge in [-0.15, -0.1) is 23.5 Å². The van der Waals surface area contributed by atoms with Crippen molar-refractivity contribution in [3.63, 3.8) is 0 Å². The predicted octanol–water partition coefficient (Wildman–Crippen LogP) is 8.97. The first-order valence-corrected chi connectivity index (χ1v) is 17.9. The predicted molar refractivity (Wildman–Crippen MR) is 171 cm³/mol. The van der Waals surface area contributed by atoms with Crippen LogP contribution < -0.4 is 0 Å². The first-order chi connectivity index (χ1) is 19.0. The minimum absolute atomic E-state index is 0.0393. The summed E-state index contributed by atoms with van der Waals surface area (Å²) >= 11 is 3.42. The van der Waals surface area contributed by atoms with Crippen molar-refractivity contribution in [1.82, 2.24) is 0 Å². The molecule has 0 radical (unpaired) electrons. The Bertz CT molecular complexity index is 1250. The standard InChI is InChI=1S/C35H52O4S2/c1-30(2)14-16-35(29(37)39-9)17-15-34(7)26(22(35)20-30)23(38-8)18-25-32(5)19-21(28(40-10)41-11)27(36)31(3,4)24(32)12-13-33(25,34)6/h18,22,24H,12-17,19-20H2,1-11H3. The van der Waals surface area contributed by atoms with Crippen LogP contribution in [0, 0.1) is 44.3 Å². The molecule has 5 aliphatic rings. The molecule has 6 heteroatoms. The summed E-state index contributed by atoms with van der Waals surface area (Å²) in [5.74, 6) is 1.63. The summed E-state index contributed by atoms with van der Waals surface area (Å²) in [6, 6.07) is 0. The summed E-state index contributed by atoms with van der Waals surface area (Å²) in [5.41, 5.74) is 2.70. The number of ether oxygens (including phenoxy) is 2. The number of carbonyl (C=O) groups is 2. The highest BCUT2D eigenvalue weighted by Gasteiger charge is 2.69. The van der Waals surface area contributed by atoms with E-state index in [9.17, 15) is 9.59 Å². The average Bonchev–Trinajstić information content (AvgIpc) is 2.91. The van der Waals surface area contributed by atoms with Crippen LogP contribution in [0.2, 0.25) is 0 Å². The maximum absolute atomic E-state index is 14.0. The molecule has 0 aromatic heterocycles. The molecule has 6 atom stereocenters. The summed E-state index contributed by atoms with van der Waals surface area (Å²) in [6.07, 6.45) is 14.1. The number of thioether (sulfide) groups is 2. The van der Waals surface area contributed by atoms with Gasteiger partial charge in [-0.2, -0.15) is 0 Å². The Balaban J connectivity index is 1.76. The lowest BCUT2D eigenvalue weighted by Gasteiger charge is -2.68. The number of methoxy groups -OCH3 is 2. The molecule has 0 heterocycles. The van der Waals surface area contributed by atoms with E-state index in [4.69, 9.17) is 9.47 Å². The van der Waals surface area contributed by atoms with Crippen molar-refractivity contribution < 1.29 is 19.1 Å². The fourth-order valence-corrected chi connectivity index (χ4v) is 12.2. The van der Waals surface area contributed by atoms with Crippen LogP contribution in [-0.4, -0.2) is 38.5 Å². The number of hydrogen-bond donors (Lipinski definition) is 0. The van der Waals surface area contributed by atoms with Gasteiger partial charge in [0.2, 0.25) is 0 Å². The summed E-state index contributed by atoms with van der Waals surface area (Å²) in [4.78, 5) is 27.6. The second-order valence-corrected chi connectivity index (χ2v) is 17.6. The third-order valence-electron chi connectivity index (χ3n) is 13.1. The number of fused-ring (bicyclic) bond motifs is 7. The van der Waals surface area contributed by atoms with Crippen LogP contribution >= 0.6 is 23.5 Å². The first-order valence-electron chi connectivity index (χ1n) is 15.5. The fourth-order valence-electron chi connectivity index (χ4n) is 10.7. The van der Waals surface area contributed by atoms with Gasteiger partial charge in [0, 0.05) is 26.6 Å². The summed E-state index contributed by atoms with van der Waals surface area (Å²) in [6.45, 7) is 16.5. The van der Waals surface area contributed by atoms with Crippen molar-refractivity contribution >= 4 is 35.3 Å². The zero-order valence-electron chi connectivity index (χ0n) is 27.3. The zero-order valence-corrected chi connectivity index (χ0v) is 29.0. The molecular weight excluding hydrogens is 549 g/mol. The van der Waals surface area contributed by atoms with Gasteiger partial charge in [-0.3, -0.25) is 9.59 Å². The second-order valence-electron chi connectivity index (χ2n) is 15.7. The van der Waals surface area contributed by atoms with Gasteiger partial charge < -0.3 is 9.47 Å². The summed E-state index contributed by atoms with van der Waals surface area (Å²) in [7, 11) is 3.37. The normalized spacial score (nSPS) is 40.9. The SMILES string of the molecule is COC(=O)C12CCC(C)(C)CC1C1=C(OC)C=C3C4(C)CC(=C(SC)SC)C(=O)C(C)(C)C4CCC3(C)C1(C)CC2. The molecule has 228 valence electrons. The minimum Gasteiger partial charge on any atom is -0.497 e. The highest BCUT2D eigenvalue weighted by Crippen LogP contribution is 2.75. The third-order valence-corrected chi connectivity index (χ3v) is 15.3. The third kappa shape index (κ3) is 4.07. The Labute approximate surface area is 257 Å². The van der Waals surface area contributed by atoms with Crippen LogP contribution in [0.15, 0.2) is 32.8 Å². The van der Waals surface area contributed by atoms with E-state index in [-0.39, 0.29) is 39.5 Å². The number of allylic oxidation sites excluding steroid dienone is 4. The topological polar surface area (TPSA) is 52.6 Å². The van der Waals surface area contributed by atoms with Gasteiger partial charge in [-0.1, -0.05) is 54.0 Å². The molecule has 5 rings (SSSR count). The Morgan fingerprint density at radius 2 is 1.54 bits per heavy atom. The Morgan fingerprint density at radius 3 is 2.12 bits per heavy atom. The maximum atomic E-state index is 14.0. The molecule has 4 nitrogen and oxygen atoms in total. The summed E-state index contributed by atoms with van der Waals surface area (Å²) < 4.78 is 13.1. The monoisotopic (exact) mass is 600 g/mol. The van der Waals surface area contributed by atoms with Gasteiger partial charge in [0.05, 0.1) is 19.6 Å². The van der Waals surface area contributed by atoms with Crippen molar-refractivity contribution in [2.75, 3.05) is 26.7 Å². The largest absolute Gasteiger partial charge is 0.497 e. The van der Waals surface area contributed by atoms with Crippen molar-refractivity contribution in [1.29, 1.82) is 0 Å². The molecule has 0 aliphatic heterocycles. The van der Waals surface area contributed by atoms with E-state index in [0.29, 0.717) is 5.78 Å². The lowest BCUT2D eigenvalue weighted by atomic mass is 9.35. The second kappa shape index (κ2) is 9.94. The van der Waals surface area contributed by atoms with E-state index in [1.54, 1.807) is 30.6 Å². The summed E-state index contributed by atoms with van der Waals surface area (Å²) in [5, 5.41) is 0. The lowest BCUT2D eigenvalue weighted by Crippen LogP contribution is -2.62. The van der Waals surface area contributed by atoms with Crippen LogP contribution in [0.3, 0.4) is 0 Å². The fraction of sp³-hybridized carbons (Fsp3) is 0.771. The Kier molecular flexibility index (Phi) is 7.59. The van der Waals surface area contributed by atoms with E-state index in [1.165, 1.54) is 11.1 Å². The maximum Gasteiger partial charge on any atom is 0.312 e. The molecule has 4 saturated carbocycles. The smallest absolute Gasteiger partial charge is 0.312 e. The number of ketones is 1. The first kappa shape index (κ1) is 31.3. The van der Waals surface area contributed by atoms with Crippen molar-refractivity contribution in [3.05, 3.63) is 32.8 Å². The number of hydrogen-bond acceptors (Lipinski definition) is 6. The van der Waals surface area contributed by atoms with Crippen LogP contribution in [0.4, 0.5) is 0 Å². The quantitative estimate of drug-likeness (QED) is 0.237. The molecule has 5 aliphatic carbocycles. The molecule has 0 saturated heterocycles. The number of rotatable bonds is 4. The zero-order chi connectivity index (χ0) is 30.4. The Hall–Kier alpha value is -1.14. The average molecular weight is 601 g/mol. The van der Waals surface area contributed by atoms with E-state index < -0.39 is 10.8 Å². The minimum atomic E-state index is -0.480. The van der Waals surface area contributed by atoms with Crippen molar-refractivity contribution in [3.8, 4) is 0 Å². The van der Waals surface area contributed by atoms with E-state index in [1.807, 2.05) is 7.11 Å². The molecule has 0 amide bonds. The van der Waals surface area contributed by atoms with Crippen LogP contribution in [0.25, 0.3) is 0 Å². The van der Waals surface area contributed by atoms with Crippen LogP contribution in [0.5, 0.6) is 0 Å². The molecule has 0 aromatic rings. The number of carbonyl (C=O) groups excluding carboxylic acids is 2. The van der Waals surface area contributed by atoms with Crippen molar-refractivity contribution in [2.24, 2.45) is 44.3 Å². The molecule has 0 spiro atoms. The molecule has 4 fully saturated rings. The van der Waals surface area contributed by atoms with Gasteiger partial charge in [-0.25, -0.2) is 0 Å². The van der Waals surface area contributed by atoms with Gasteiger partial charge in [0.1, 0.15) is 5.76 Å². The van der Waals surface area contributed by atoms with E-state index in [0.717, 1.165) is 66.9 Å². The molecule has 0 bridgehead atoms. The molecule has 0 aromatic carbocycles. The molecule has 6 unspecified atom stereocenters. The van der Waals surface area contributed by atoms with Gasteiger partial charge >= 0.3 is 5.97 Å². The van der Waals surface area contributed by atoms with Gasteiger partial charge in [-0.05, 0) is 97.7 Å². The van der Waals surface area contributed by atoms with Gasteiger partial charge in [0.15, 0.2) is 5.78 Å².